The highest BCUT2D eigenvalue weighted by atomic mass is 16.5. The number of ether oxygens (including phenoxy) is 1. The minimum Gasteiger partial charge on any atom is -0.378 e. The molecule has 7 heteroatoms. The van der Waals surface area contributed by atoms with Crippen molar-refractivity contribution >= 4 is 17.5 Å². The van der Waals surface area contributed by atoms with Crippen LogP contribution in [0.3, 0.4) is 0 Å². The Morgan fingerprint density at radius 2 is 2.04 bits per heavy atom. The van der Waals surface area contributed by atoms with Gasteiger partial charge in [0.1, 0.15) is 0 Å². The van der Waals surface area contributed by atoms with Gasteiger partial charge in [-0.15, -0.1) is 0 Å². The van der Waals surface area contributed by atoms with Crippen LogP contribution in [-0.2, 0) is 22.4 Å². The molecule has 0 aliphatic carbocycles. The van der Waals surface area contributed by atoms with E-state index < -0.39 is 0 Å². The van der Waals surface area contributed by atoms with Crippen LogP contribution in [-0.4, -0.2) is 48.2 Å². The number of benzene rings is 1. The van der Waals surface area contributed by atoms with Crippen LogP contribution in [0.25, 0.3) is 0 Å². The fraction of sp³-hybridized carbons (Fsp3) is 0.476. The first-order valence-corrected chi connectivity index (χ1v) is 9.87. The number of amides is 1. The van der Waals surface area contributed by atoms with Crippen molar-refractivity contribution in [3.8, 4) is 0 Å². The van der Waals surface area contributed by atoms with Gasteiger partial charge in [0.05, 0.1) is 13.2 Å². The van der Waals surface area contributed by atoms with E-state index in [0.29, 0.717) is 56.4 Å². The summed E-state index contributed by atoms with van der Waals surface area (Å²) < 4.78 is 5.35. The van der Waals surface area contributed by atoms with Crippen LogP contribution in [0.5, 0.6) is 0 Å². The number of morpholine rings is 1. The highest BCUT2D eigenvalue weighted by Crippen LogP contribution is 2.32. The SMILES string of the molecule is Cc1nc(N2CCOCC2)[nH]c(=O)c1CCC(=O)N1c2ccccc2CC1C. The van der Waals surface area contributed by atoms with Gasteiger partial charge in [-0.25, -0.2) is 4.98 Å². The number of nitrogens with zero attached hydrogens (tertiary/aromatic N) is 3. The largest absolute Gasteiger partial charge is 0.378 e. The van der Waals surface area contributed by atoms with Gasteiger partial charge in [-0.3, -0.25) is 14.6 Å². The van der Waals surface area contributed by atoms with Gasteiger partial charge in [-0.1, -0.05) is 18.2 Å². The molecule has 1 fully saturated rings. The Morgan fingerprint density at radius 3 is 2.79 bits per heavy atom. The molecule has 1 unspecified atom stereocenters. The lowest BCUT2D eigenvalue weighted by Crippen LogP contribution is -2.39. The van der Waals surface area contributed by atoms with Crippen LogP contribution in [0, 0.1) is 6.92 Å². The molecule has 2 aliphatic heterocycles. The molecule has 0 radical (unpaired) electrons. The highest BCUT2D eigenvalue weighted by molar-refractivity contribution is 5.96. The summed E-state index contributed by atoms with van der Waals surface area (Å²) in [5.41, 5.74) is 3.32. The summed E-state index contributed by atoms with van der Waals surface area (Å²) in [6, 6.07) is 8.17. The van der Waals surface area contributed by atoms with Crippen LogP contribution >= 0.6 is 0 Å². The van der Waals surface area contributed by atoms with Crippen molar-refractivity contribution in [1.29, 1.82) is 0 Å². The van der Waals surface area contributed by atoms with E-state index >= 15 is 0 Å². The second-order valence-corrected chi connectivity index (χ2v) is 7.50. The lowest BCUT2D eigenvalue weighted by molar-refractivity contribution is -0.118. The maximum atomic E-state index is 12.9. The number of fused-ring (bicyclic) bond motifs is 1. The number of rotatable bonds is 4. The molecule has 2 aromatic rings. The summed E-state index contributed by atoms with van der Waals surface area (Å²) in [4.78, 5) is 36.9. The topological polar surface area (TPSA) is 78.5 Å². The average molecular weight is 382 g/mol. The fourth-order valence-corrected chi connectivity index (χ4v) is 4.11. The third-order valence-corrected chi connectivity index (χ3v) is 5.59. The van der Waals surface area contributed by atoms with Crippen LogP contribution in [0.15, 0.2) is 29.1 Å². The van der Waals surface area contributed by atoms with E-state index in [-0.39, 0.29) is 17.5 Å². The van der Waals surface area contributed by atoms with E-state index in [1.807, 2.05) is 34.9 Å². The van der Waals surface area contributed by atoms with E-state index in [2.05, 4.69) is 23.0 Å². The molecule has 0 bridgehead atoms. The van der Waals surface area contributed by atoms with E-state index in [4.69, 9.17) is 4.74 Å². The minimum absolute atomic E-state index is 0.0495. The van der Waals surface area contributed by atoms with Gasteiger partial charge in [-0.2, -0.15) is 0 Å². The van der Waals surface area contributed by atoms with Gasteiger partial charge in [0.15, 0.2) is 0 Å². The number of H-pyrrole nitrogens is 1. The lowest BCUT2D eigenvalue weighted by Gasteiger charge is -2.27. The molecule has 3 heterocycles. The molecule has 7 nitrogen and oxygen atoms in total. The van der Waals surface area contributed by atoms with Crippen molar-refractivity contribution in [3.05, 3.63) is 51.4 Å². The highest BCUT2D eigenvalue weighted by Gasteiger charge is 2.30. The van der Waals surface area contributed by atoms with Crippen molar-refractivity contribution in [1.82, 2.24) is 9.97 Å². The standard InChI is InChI=1S/C21H26N4O3/c1-14-13-16-5-3-4-6-18(16)25(14)19(26)8-7-17-15(2)22-21(23-20(17)27)24-9-11-28-12-10-24/h3-6,14H,7-13H2,1-2H3,(H,22,23,27). The number of hydrogen-bond acceptors (Lipinski definition) is 5. The Kier molecular flexibility index (Phi) is 5.17. The van der Waals surface area contributed by atoms with E-state index in [0.717, 1.165) is 12.1 Å². The molecule has 148 valence electrons. The first-order valence-electron chi connectivity index (χ1n) is 9.87. The summed E-state index contributed by atoms with van der Waals surface area (Å²) >= 11 is 0. The number of carbonyl (C=O) groups is 1. The molecule has 28 heavy (non-hydrogen) atoms. The van der Waals surface area contributed by atoms with Gasteiger partial charge in [-0.05, 0) is 38.3 Å². The number of para-hydroxylation sites is 1. The second-order valence-electron chi connectivity index (χ2n) is 7.50. The van der Waals surface area contributed by atoms with E-state index in [9.17, 15) is 9.59 Å². The van der Waals surface area contributed by atoms with Crippen LogP contribution in [0.1, 0.15) is 30.2 Å². The van der Waals surface area contributed by atoms with Gasteiger partial charge in [0.2, 0.25) is 11.9 Å². The van der Waals surface area contributed by atoms with Gasteiger partial charge < -0.3 is 14.5 Å². The molecule has 0 spiro atoms. The summed E-state index contributed by atoms with van der Waals surface area (Å²) in [7, 11) is 0. The number of aromatic amines is 1. The fourth-order valence-electron chi connectivity index (χ4n) is 4.11. The third-order valence-electron chi connectivity index (χ3n) is 5.59. The maximum Gasteiger partial charge on any atom is 0.255 e. The van der Waals surface area contributed by atoms with Gasteiger partial charge >= 0.3 is 0 Å². The van der Waals surface area contributed by atoms with Crippen molar-refractivity contribution in [2.45, 2.75) is 39.2 Å². The molecular weight excluding hydrogens is 356 g/mol. The summed E-state index contributed by atoms with van der Waals surface area (Å²) in [5, 5.41) is 0. The number of aryl methyl sites for hydroxylation is 1. The Morgan fingerprint density at radius 1 is 1.29 bits per heavy atom. The second kappa shape index (κ2) is 7.75. The lowest BCUT2D eigenvalue weighted by atomic mass is 10.1. The zero-order valence-corrected chi connectivity index (χ0v) is 16.4. The normalized spacial score (nSPS) is 19.0. The zero-order chi connectivity index (χ0) is 19.7. The molecule has 1 aromatic carbocycles. The smallest absolute Gasteiger partial charge is 0.255 e. The first kappa shape index (κ1) is 18.7. The molecule has 1 atom stereocenters. The van der Waals surface area contributed by atoms with Gasteiger partial charge in [0, 0.05) is 42.5 Å². The Labute approximate surface area is 164 Å². The number of hydrogen-bond donors (Lipinski definition) is 1. The van der Waals surface area contributed by atoms with Crippen LogP contribution in [0.2, 0.25) is 0 Å². The van der Waals surface area contributed by atoms with Gasteiger partial charge in [0.25, 0.3) is 5.56 Å². The molecule has 1 N–H and O–H groups in total. The van der Waals surface area contributed by atoms with Crippen molar-refractivity contribution < 1.29 is 9.53 Å². The molecule has 0 saturated carbocycles. The monoisotopic (exact) mass is 382 g/mol. The molecule has 1 aromatic heterocycles. The minimum atomic E-state index is -0.156. The van der Waals surface area contributed by atoms with Crippen molar-refractivity contribution in [2.75, 3.05) is 36.1 Å². The molecule has 1 saturated heterocycles. The van der Waals surface area contributed by atoms with Crippen LogP contribution in [0.4, 0.5) is 11.6 Å². The van der Waals surface area contributed by atoms with E-state index in [1.54, 1.807) is 0 Å². The molecular formula is C21H26N4O3. The van der Waals surface area contributed by atoms with Crippen LogP contribution < -0.4 is 15.4 Å². The van der Waals surface area contributed by atoms with Crippen molar-refractivity contribution in [2.24, 2.45) is 0 Å². The molecule has 2 aliphatic rings. The number of carbonyl (C=O) groups excluding carboxylic acids is 1. The summed E-state index contributed by atoms with van der Waals surface area (Å²) in [6.45, 7) is 6.60. The predicted molar refractivity (Wildman–Crippen MR) is 108 cm³/mol. The Hall–Kier alpha value is -2.67. The quantitative estimate of drug-likeness (QED) is 0.873. The molecule has 1 amide bonds. The number of nitrogens with one attached hydrogen (secondary N) is 1. The summed E-state index contributed by atoms with van der Waals surface area (Å²) in [6.07, 6.45) is 1.56. The third kappa shape index (κ3) is 3.54. The first-order chi connectivity index (χ1) is 13.5. The summed E-state index contributed by atoms with van der Waals surface area (Å²) in [5.74, 6) is 0.636. The maximum absolute atomic E-state index is 12.9. The Balaban J connectivity index is 1.48. The van der Waals surface area contributed by atoms with Crippen molar-refractivity contribution in [3.63, 3.8) is 0 Å². The zero-order valence-electron chi connectivity index (χ0n) is 16.4. The molecule has 4 rings (SSSR count). The number of aromatic nitrogens is 2. The number of anilines is 2. The average Bonchev–Trinajstić information content (AvgIpc) is 3.03. The van der Waals surface area contributed by atoms with E-state index in [1.165, 1.54) is 5.56 Å². The Bertz CT molecular complexity index is 933. The predicted octanol–water partition coefficient (Wildman–Crippen LogP) is 1.83.